The number of carboxylic acid groups (broad SMARTS) is 1. The third-order valence-electron chi connectivity index (χ3n) is 2.68. The molecular weight excluding hydrogens is 232 g/mol. The number of ether oxygens (including phenoxy) is 1. The average molecular weight is 246 g/mol. The van der Waals surface area contributed by atoms with Crippen LogP contribution in [0.2, 0.25) is 0 Å². The molecule has 1 heterocycles. The van der Waals surface area contributed by atoms with Gasteiger partial charge >= 0.3 is 5.97 Å². The molecule has 0 spiro atoms. The Morgan fingerprint density at radius 2 is 2.06 bits per heavy atom. The summed E-state index contributed by atoms with van der Waals surface area (Å²) in [5.41, 5.74) is 1.88. The quantitative estimate of drug-likeness (QED) is 0.896. The van der Waals surface area contributed by atoms with Gasteiger partial charge < -0.3 is 14.4 Å². The Hall–Kier alpha value is -2.30. The van der Waals surface area contributed by atoms with E-state index in [0.29, 0.717) is 12.3 Å². The van der Waals surface area contributed by atoms with E-state index in [4.69, 9.17) is 9.84 Å². The topological polar surface area (TPSA) is 64.3 Å². The van der Waals surface area contributed by atoms with Crippen molar-refractivity contribution < 1.29 is 14.6 Å². The highest BCUT2D eigenvalue weighted by Crippen LogP contribution is 2.14. The molecule has 0 amide bonds. The lowest BCUT2D eigenvalue weighted by Crippen LogP contribution is -2.09. The van der Waals surface area contributed by atoms with Crippen molar-refractivity contribution >= 4 is 5.97 Å². The second-order valence-corrected chi connectivity index (χ2v) is 4.04. The molecule has 0 atom stereocenters. The zero-order valence-corrected chi connectivity index (χ0v) is 10.3. The lowest BCUT2D eigenvalue weighted by atomic mass is 10.2. The van der Waals surface area contributed by atoms with Crippen LogP contribution in [0.15, 0.2) is 30.5 Å². The van der Waals surface area contributed by atoms with Crippen LogP contribution in [-0.2, 0) is 13.7 Å². The number of benzene rings is 1. The van der Waals surface area contributed by atoms with Crippen LogP contribution in [-0.4, -0.2) is 20.6 Å². The molecule has 0 radical (unpaired) electrons. The molecule has 5 nitrogen and oxygen atoms in total. The second-order valence-electron chi connectivity index (χ2n) is 4.04. The van der Waals surface area contributed by atoms with E-state index in [0.717, 1.165) is 11.3 Å². The first-order valence-electron chi connectivity index (χ1n) is 5.51. The van der Waals surface area contributed by atoms with Crippen LogP contribution in [0.3, 0.4) is 0 Å². The van der Waals surface area contributed by atoms with Gasteiger partial charge in [0.2, 0.25) is 5.82 Å². The van der Waals surface area contributed by atoms with Gasteiger partial charge in [0.25, 0.3) is 0 Å². The average Bonchev–Trinajstić information content (AvgIpc) is 2.70. The number of hydrogen-bond acceptors (Lipinski definition) is 3. The zero-order valence-electron chi connectivity index (χ0n) is 10.3. The first-order valence-corrected chi connectivity index (χ1v) is 5.51. The number of nitrogens with zero attached hydrogens (tertiary/aromatic N) is 2. The zero-order chi connectivity index (χ0) is 13.1. The molecule has 0 saturated heterocycles. The number of hydrogen-bond donors (Lipinski definition) is 1. The fourth-order valence-electron chi connectivity index (χ4n) is 1.57. The van der Waals surface area contributed by atoms with Crippen LogP contribution in [0.5, 0.6) is 5.75 Å². The molecule has 0 aliphatic rings. The molecule has 2 rings (SSSR count). The Morgan fingerprint density at radius 1 is 1.39 bits per heavy atom. The van der Waals surface area contributed by atoms with Crippen LogP contribution in [0, 0.1) is 6.92 Å². The molecule has 0 fully saturated rings. The van der Waals surface area contributed by atoms with Crippen LogP contribution in [0.4, 0.5) is 0 Å². The van der Waals surface area contributed by atoms with Gasteiger partial charge in [0.15, 0.2) is 0 Å². The van der Waals surface area contributed by atoms with Crippen molar-refractivity contribution in [2.75, 3.05) is 0 Å². The molecule has 1 N–H and O–H groups in total. The van der Waals surface area contributed by atoms with Gasteiger partial charge in [0.1, 0.15) is 12.4 Å². The Balaban J connectivity index is 2.06. The summed E-state index contributed by atoms with van der Waals surface area (Å²) in [6.45, 7) is 2.30. The number of aryl methyl sites for hydroxylation is 1. The number of imidazole rings is 1. The molecule has 0 aliphatic heterocycles. The summed E-state index contributed by atoms with van der Waals surface area (Å²) in [7, 11) is 1.66. The van der Waals surface area contributed by atoms with Crippen molar-refractivity contribution in [2.45, 2.75) is 13.5 Å². The van der Waals surface area contributed by atoms with Crippen molar-refractivity contribution in [3.05, 3.63) is 47.5 Å². The summed E-state index contributed by atoms with van der Waals surface area (Å²) >= 11 is 0. The predicted molar refractivity (Wildman–Crippen MR) is 65.7 cm³/mol. The van der Waals surface area contributed by atoms with Gasteiger partial charge in [-0.1, -0.05) is 17.7 Å². The molecule has 1 aromatic carbocycles. The van der Waals surface area contributed by atoms with Crippen molar-refractivity contribution in [3.8, 4) is 5.75 Å². The van der Waals surface area contributed by atoms with E-state index >= 15 is 0 Å². The van der Waals surface area contributed by atoms with Gasteiger partial charge in [0, 0.05) is 7.05 Å². The second kappa shape index (κ2) is 4.91. The summed E-state index contributed by atoms with van der Waals surface area (Å²) in [5, 5.41) is 8.87. The van der Waals surface area contributed by atoms with E-state index in [1.54, 1.807) is 7.05 Å². The minimum Gasteiger partial charge on any atom is -0.487 e. The van der Waals surface area contributed by atoms with Crippen LogP contribution in [0.25, 0.3) is 0 Å². The van der Waals surface area contributed by atoms with E-state index in [1.807, 2.05) is 31.2 Å². The number of rotatable bonds is 4. The molecule has 0 aliphatic carbocycles. The summed E-state index contributed by atoms with van der Waals surface area (Å²) in [4.78, 5) is 14.6. The number of carbonyl (C=O) groups is 1. The normalized spacial score (nSPS) is 10.3. The predicted octanol–water partition coefficient (Wildman–Crippen LogP) is 2.01. The van der Waals surface area contributed by atoms with Crippen molar-refractivity contribution in [3.63, 3.8) is 0 Å². The monoisotopic (exact) mass is 246 g/mol. The molecule has 18 heavy (non-hydrogen) atoms. The minimum atomic E-state index is -1.04. The lowest BCUT2D eigenvalue weighted by Gasteiger charge is -2.07. The summed E-state index contributed by atoms with van der Waals surface area (Å²) < 4.78 is 7.08. The van der Waals surface area contributed by atoms with Gasteiger partial charge in [-0.25, -0.2) is 9.78 Å². The highest BCUT2D eigenvalue weighted by atomic mass is 16.5. The fraction of sp³-hybridized carbons (Fsp3) is 0.231. The minimum absolute atomic E-state index is 0.0116. The van der Waals surface area contributed by atoms with E-state index in [1.165, 1.54) is 10.8 Å². The maximum atomic E-state index is 10.8. The smallest absolute Gasteiger partial charge is 0.372 e. The largest absolute Gasteiger partial charge is 0.487 e. The van der Waals surface area contributed by atoms with E-state index in [-0.39, 0.29) is 5.82 Å². The third-order valence-corrected chi connectivity index (χ3v) is 2.68. The Morgan fingerprint density at radius 3 is 2.61 bits per heavy atom. The maximum absolute atomic E-state index is 10.8. The van der Waals surface area contributed by atoms with Gasteiger partial charge in [-0.15, -0.1) is 0 Å². The molecule has 0 bridgehead atoms. The molecule has 0 saturated carbocycles. The summed E-state index contributed by atoms with van der Waals surface area (Å²) in [5.74, 6) is -0.282. The van der Waals surface area contributed by atoms with Crippen LogP contribution in [0.1, 0.15) is 21.9 Å². The van der Waals surface area contributed by atoms with E-state index < -0.39 is 5.97 Å². The van der Waals surface area contributed by atoms with Crippen molar-refractivity contribution in [1.82, 2.24) is 9.55 Å². The Kier molecular flexibility index (Phi) is 3.32. The fourth-order valence-corrected chi connectivity index (χ4v) is 1.57. The first-order chi connectivity index (χ1) is 8.58. The van der Waals surface area contributed by atoms with Crippen molar-refractivity contribution in [1.29, 1.82) is 0 Å². The summed E-state index contributed by atoms with van der Waals surface area (Å²) in [6, 6.07) is 7.68. The van der Waals surface area contributed by atoms with Crippen LogP contribution >= 0.6 is 0 Å². The molecular formula is C13H14N2O3. The molecule has 1 aromatic heterocycles. The number of aromatic carboxylic acids is 1. The van der Waals surface area contributed by atoms with Gasteiger partial charge in [-0.3, -0.25) is 0 Å². The van der Waals surface area contributed by atoms with E-state index in [2.05, 4.69) is 4.98 Å². The first kappa shape index (κ1) is 12.2. The van der Waals surface area contributed by atoms with Gasteiger partial charge in [-0.2, -0.15) is 0 Å². The van der Waals surface area contributed by atoms with Gasteiger partial charge in [0.05, 0.1) is 11.9 Å². The van der Waals surface area contributed by atoms with Gasteiger partial charge in [-0.05, 0) is 19.1 Å². The molecule has 94 valence electrons. The lowest BCUT2D eigenvalue weighted by molar-refractivity contribution is 0.0679. The van der Waals surface area contributed by atoms with E-state index in [9.17, 15) is 4.79 Å². The standard InChI is InChI=1S/C13H14N2O3/c1-9-3-5-11(6-4-9)18-8-10-7-14-12(13(16)17)15(10)2/h3-7H,8H2,1-2H3,(H,16,17). The van der Waals surface area contributed by atoms with Crippen molar-refractivity contribution in [2.24, 2.45) is 7.05 Å². The number of carboxylic acids is 1. The SMILES string of the molecule is Cc1ccc(OCc2cnc(C(=O)O)n2C)cc1. The number of aromatic nitrogens is 2. The Labute approximate surface area is 105 Å². The highest BCUT2D eigenvalue weighted by Gasteiger charge is 2.12. The highest BCUT2D eigenvalue weighted by molar-refractivity contribution is 5.83. The maximum Gasteiger partial charge on any atom is 0.372 e. The van der Waals surface area contributed by atoms with Crippen LogP contribution < -0.4 is 4.74 Å². The molecule has 2 aromatic rings. The third kappa shape index (κ3) is 2.51. The molecule has 5 heteroatoms. The summed E-state index contributed by atoms with van der Waals surface area (Å²) in [6.07, 6.45) is 1.51. The molecule has 0 unspecified atom stereocenters. The Bertz CT molecular complexity index is 558.